The summed E-state index contributed by atoms with van der Waals surface area (Å²) < 4.78 is 0. The van der Waals surface area contributed by atoms with Crippen LogP contribution in [0, 0.1) is 0 Å². The molecule has 0 rings (SSSR count). The second kappa shape index (κ2) is 14.9. The summed E-state index contributed by atoms with van der Waals surface area (Å²) in [5.74, 6) is -3.11. The molecule has 8 heteroatoms. The molecule has 1 N–H and O–H groups in total. The molecule has 0 amide bonds. The third-order valence-corrected chi connectivity index (χ3v) is 0.926. The molecular formula is C10H17O8-3. The zero-order chi connectivity index (χ0) is 13.1. The first kappa shape index (κ1) is 25.0. The van der Waals surface area contributed by atoms with Gasteiger partial charge >= 0.3 is 5.97 Å². The number of aliphatic carboxylic acids is 2. The molecule has 0 fully saturated rings. The maximum Gasteiger partial charge on any atom is 0.310 e. The van der Waals surface area contributed by atoms with Gasteiger partial charge in [-0.1, -0.05) is 28.0 Å². The van der Waals surface area contributed by atoms with Crippen molar-refractivity contribution in [1.29, 1.82) is 0 Å². The largest absolute Gasteiger partial charge is 0.664 e. The summed E-state index contributed by atoms with van der Waals surface area (Å²) in [5, 5.41) is 36.1. The number of carboxylic acid groups (broad SMARTS) is 2. The highest BCUT2D eigenvalue weighted by molar-refractivity contribution is 5.69. The van der Waals surface area contributed by atoms with E-state index in [4.69, 9.17) is 5.11 Å². The molecule has 0 atom stereocenters. The minimum absolute atomic E-state index is 0. The monoisotopic (exact) mass is 265 g/mol. The van der Waals surface area contributed by atoms with Crippen LogP contribution >= 0.6 is 0 Å². The van der Waals surface area contributed by atoms with Gasteiger partial charge in [-0.3, -0.25) is 4.79 Å². The van der Waals surface area contributed by atoms with Gasteiger partial charge in [0.05, 0.1) is 11.5 Å². The zero-order valence-electron chi connectivity index (χ0n) is 8.13. The first-order valence-electron chi connectivity index (χ1n) is 3.70. The van der Waals surface area contributed by atoms with Crippen molar-refractivity contribution in [3.8, 4) is 0 Å². The van der Waals surface area contributed by atoms with Gasteiger partial charge in [0, 0.05) is 12.4 Å². The van der Waals surface area contributed by atoms with Crippen molar-refractivity contribution in [2.24, 2.45) is 0 Å². The zero-order valence-corrected chi connectivity index (χ0v) is 8.13. The number of hydrogen-bond acceptors (Lipinski definition) is 7. The summed E-state index contributed by atoms with van der Waals surface area (Å²) in [5.41, 5.74) is 0. The molecule has 0 saturated carbocycles. The van der Waals surface area contributed by atoms with Gasteiger partial charge in [0.2, 0.25) is 0 Å². The van der Waals surface area contributed by atoms with Crippen molar-refractivity contribution in [1.82, 2.24) is 0 Å². The van der Waals surface area contributed by atoms with Crippen molar-refractivity contribution in [3.63, 3.8) is 0 Å². The van der Waals surface area contributed by atoms with Crippen LogP contribution in [0.5, 0.6) is 0 Å². The van der Waals surface area contributed by atoms with E-state index in [0.29, 0.717) is 0 Å². The van der Waals surface area contributed by atoms with Crippen LogP contribution in [-0.4, -0.2) is 17.0 Å². The molecule has 0 aromatic rings. The summed E-state index contributed by atoms with van der Waals surface area (Å²) in [6.07, 6.45) is -0.965. The van der Waals surface area contributed by atoms with Gasteiger partial charge in [-0.2, -0.15) is 0 Å². The van der Waals surface area contributed by atoms with Gasteiger partial charge in [0.25, 0.3) is 0 Å². The van der Waals surface area contributed by atoms with E-state index in [1.165, 1.54) is 0 Å². The molecule has 18 heavy (non-hydrogen) atoms. The molecule has 0 saturated heterocycles. The van der Waals surface area contributed by atoms with Crippen LogP contribution in [0.4, 0.5) is 0 Å². The standard InChI is InChI=1S/2C4H6O4.2CH4/c2*1-3(8-7)2-4(5)6;;/h2*7H,1-2H2,(H,5,6);2*1H4/p-3. The number of carboxylic acids is 2. The average Bonchev–Trinajstić information content (AvgIpc) is 2.16. The van der Waals surface area contributed by atoms with Crippen LogP contribution in [0.2, 0.25) is 0 Å². The summed E-state index contributed by atoms with van der Waals surface area (Å²) in [6.45, 7) is 5.96. The van der Waals surface area contributed by atoms with E-state index in [1.807, 2.05) is 0 Å². The van der Waals surface area contributed by atoms with E-state index in [9.17, 15) is 25.2 Å². The Hall–Kier alpha value is -2.06. The number of hydrogen-bond donors (Lipinski definition) is 1. The van der Waals surface area contributed by atoms with Crippen molar-refractivity contribution in [3.05, 3.63) is 24.7 Å². The molecule has 0 heterocycles. The third-order valence-electron chi connectivity index (χ3n) is 0.926. The molecule has 0 aliphatic carbocycles. The maximum atomic E-state index is 9.69. The number of carbonyl (C=O) groups excluding carboxylic acids is 1. The topological polar surface area (TPSA) is 142 Å². The first-order chi connectivity index (χ1) is 7.33. The summed E-state index contributed by atoms with van der Waals surface area (Å²) in [7, 11) is 0. The van der Waals surface area contributed by atoms with Gasteiger partial charge in [-0.25, -0.2) is 0 Å². The van der Waals surface area contributed by atoms with E-state index in [0.717, 1.165) is 0 Å². The molecule has 0 unspecified atom stereocenters. The number of carbonyl (C=O) groups is 2. The second-order valence-corrected chi connectivity index (χ2v) is 2.36. The van der Waals surface area contributed by atoms with Crippen LogP contribution < -0.4 is 15.6 Å². The number of rotatable bonds is 6. The molecule has 0 aliphatic rings. The van der Waals surface area contributed by atoms with Crippen molar-refractivity contribution < 1.29 is 40.1 Å². The van der Waals surface area contributed by atoms with Crippen LogP contribution in [0.25, 0.3) is 0 Å². The molecule has 108 valence electrons. The van der Waals surface area contributed by atoms with E-state index in [2.05, 4.69) is 22.9 Å². The van der Waals surface area contributed by atoms with Gasteiger partial charge in [-0.15, -0.1) is 0 Å². The molecule has 8 nitrogen and oxygen atoms in total. The van der Waals surface area contributed by atoms with E-state index < -0.39 is 24.8 Å². The second-order valence-electron chi connectivity index (χ2n) is 2.36. The Morgan fingerprint density at radius 2 is 1.33 bits per heavy atom. The summed E-state index contributed by atoms with van der Waals surface area (Å²) >= 11 is 0. The van der Waals surface area contributed by atoms with Gasteiger partial charge in [-0.05, 0) is 0 Å². The Balaban J connectivity index is -0.0000000980. The SMILES string of the molecule is C.C.C=C(CC(=O)O)O[O-].C=C(CC(=O)[O-])O[O-]. The van der Waals surface area contributed by atoms with Gasteiger partial charge in [0.15, 0.2) is 0 Å². The van der Waals surface area contributed by atoms with Gasteiger partial charge < -0.3 is 35.3 Å². The highest BCUT2D eigenvalue weighted by Gasteiger charge is 1.96. The van der Waals surface area contributed by atoms with Crippen molar-refractivity contribution in [2.75, 3.05) is 0 Å². The Labute approximate surface area is 105 Å². The molecular weight excluding hydrogens is 248 g/mol. The minimum Gasteiger partial charge on any atom is -0.664 e. The normalized spacial score (nSPS) is 7.22. The van der Waals surface area contributed by atoms with Crippen LogP contribution in [0.3, 0.4) is 0 Å². The molecule has 0 aromatic carbocycles. The minimum atomic E-state index is -1.37. The predicted molar refractivity (Wildman–Crippen MR) is 55.8 cm³/mol. The van der Waals surface area contributed by atoms with Crippen LogP contribution in [0.15, 0.2) is 24.7 Å². The lowest BCUT2D eigenvalue weighted by Gasteiger charge is -2.10. The molecule has 0 spiro atoms. The lowest BCUT2D eigenvalue weighted by Crippen LogP contribution is -2.23. The quantitative estimate of drug-likeness (QED) is 0.346. The van der Waals surface area contributed by atoms with Gasteiger partial charge in [0.1, 0.15) is 6.42 Å². The van der Waals surface area contributed by atoms with Crippen LogP contribution in [0.1, 0.15) is 27.7 Å². The Morgan fingerprint density at radius 1 is 1.00 bits per heavy atom. The van der Waals surface area contributed by atoms with E-state index in [-0.39, 0.29) is 26.4 Å². The fourth-order valence-electron chi connectivity index (χ4n) is 0.389. The third kappa shape index (κ3) is 23.6. The fourth-order valence-corrected chi connectivity index (χ4v) is 0.389. The van der Waals surface area contributed by atoms with Crippen molar-refractivity contribution >= 4 is 11.9 Å². The average molecular weight is 265 g/mol. The van der Waals surface area contributed by atoms with E-state index >= 15 is 0 Å². The van der Waals surface area contributed by atoms with Crippen molar-refractivity contribution in [2.45, 2.75) is 27.7 Å². The Kier molecular flexibility index (Phi) is 20.7. The maximum absolute atomic E-state index is 9.69. The highest BCUT2D eigenvalue weighted by atomic mass is 17.1. The predicted octanol–water partition coefficient (Wildman–Crippen LogP) is -1.53. The first-order valence-corrected chi connectivity index (χ1v) is 3.70. The molecule has 0 aromatic heterocycles. The smallest absolute Gasteiger partial charge is 0.310 e. The summed E-state index contributed by atoms with van der Waals surface area (Å²) in [6, 6.07) is 0. The lowest BCUT2D eigenvalue weighted by atomic mass is 10.4. The molecule has 0 bridgehead atoms. The van der Waals surface area contributed by atoms with Crippen LogP contribution in [-0.2, 0) is 19.4 Å². The molecule has 0 aliphatic heterocycles. The Bertz CT molecular complexity index is 243. The summed E-state index contributed by atoms with van der Waals surface area (Å²) in [4.78, 5) is 25.7. The lowest BCUT2D eigenvalue weighted by molar-refractivity contribution is -0.672. The Morgan fingerprint density at radius 3 is 1.44 bits per heavy atom. The highest BCUT2D eigenvalue weighted by Crippen LogP contribution is 1.93. The molecule has 0 radical (unpaired) electrons. The fraction of sp³-hybridized carbons (Fsp3) is 0.400. The van der Waals surface area contributed by atoms with E-state index in [1.54, 1.807) is 0 Å².